The first-order chi connectivity index (χ1) is 12.1. The average molecular weight is 351 g/mol. The Morgan fingerprint density at radius 3 is 2.20 bits per heavy atom. The van der Waals surface area contributed by atoms with E-state index in [1.165, 1.54) is 17.2 Å². The third kappa shape index (κ3) is 4.80. The van der Waals surface area contributed by atoms with Gasteiger partial charge < -0.3 is 0 Å². The van der Waals surface area contributed by atoms with Gasteiger partial charge in [-0.15, -0.1) is 0 Å². The standard InChI is InChI=1S/C23H20ClF/c1-17(21-5-3-2-4-6-21)15-19-10-7-18(8-11-19)9-12-20-13-14-22(24)23(25)16-20/h2-14,16-17H,15H2,1H3/t17-/m0/s1. The zero-order valence-corrected chi connectivity index (χ0v) is 14.9. The van der Waals surface area contributed by atoms with E-state index in [0.29, 0.717) is 5.92 Å². The molecular weight excluding hydrogens is 331 g/mol. The van der Waals surface area contributed by atoms with E-state index in [1.54, 1.807) is 12.1 Å². The predicted molar refractivity (Wildman–Crippen MR) is 105 cm³/mol. The van der Waals surface area contributed by atoms with E-state index < -0.39 is 5.82 Å². The molecule has 0 amide bonds. The summed E-state index contributed by atoms with van der Waals surface area (Å²) in [6, 6.07) is 23.9. The number of benzene rings is 3. The zero-order chi connectivity index (χ0) is 17.6. The maximum atomic E-state index is 13.5. The van der Waals surface area contributed by atoms with Gasteiger partial charge in [0.25, 0.3) is 0 Å². The van der Waals surface area contributed by atoms with Crippen LogP contribution < -0.4 is 0 Å². The molecule has 1 atom stereocenters. The summed E-state index contributed by atoms with van der Waals surface area (Å²) >= 11 is 5.70. The summed E-state index contributed by atoms with van der Waals surface area (Å²) in [4.78, 5) is 0. The molecule has 0 radical (unpaired) electrons. The average Bonchev–Trinajstić information content (AvgIpc) is 2.64. The molecule has 126 valence electrons. The van der Waals surface area contributed by atoms with Gasteiger partial charge in [-0.3, -0.25) is 0 Å². The molecule has 25 heavy (non-hydrogen) atoms. The van der Waals surface area contributed by atoms with E-state index in [4.69, 9.17) is 11.6 Å². The Kier molecular flexibility index (Phi) is 5.67. The van der Waals surface area contributed by atoms with E-state index in [-0.39, 0.29) is 5.02 Å². The molecule has 0 aromatic heterocycles. The molecule has 0 heterocycles. The molecule has 0 spiro atoms. The summed E-state index contributed by atoms with van der Waals surface area (Å²) in [5.41, 5.74) is 4.55. The summed E-state index contributed by atoms with van der Waals surface area (Å²) < 4.78 is 13.5. The molecule has 0 bridgehead atoms. The molecule has 0 saturated heterocycles. The molecule has 0 nitrogen and oxygen atoms in total. The lowest BCUT2D eigenvalue weighted by Crippen LogP contribution is -1.98. The Morgan fingerprint density at radius 1 is 0.880 bits per heavy atom. The van der Waals surface area contributed by atoms with Crippen LogP contribution in [0.15, 0.2) is 72.8 Å². The van der Waals surface area contributed by atoms with Crippen molar-refractivity contribution in [2.24, 2.45) is 0 Å². The Labute approximate surface area is 153 Å². The second-order valence-electron chi connectivity index (χ2n) is 6.26. The predicted octanol–water partition coefficient (Wildman–Crippen LogP) is 7.00. The van der Waals surface area contributed by atoms with Crippen molar-refractivity contribution in [2.75, 3.05) is 0 Å². The van der Waals surface area contributed by atoms with Crippen LogP contribution >= 0.6 is 11.6 Å². The number of hydrogen-bond acceptors (Lipinski definition) is 0. The quantitative estimate of drug-likeness (QED) is 0.435. The minimum atomic E-state index is -0.394. The van der Waals surface area contributed by atoms with Crippen LogP contribution in [0.5, 0.6) is 0 Å². The van der Waals surface area contributed by atoms with E-state index in [0.717, 1.165) is 17.5 Å². The molecule has 3 aromatic carbocycles. The maximum Gasteiger partial charge on any atom is 0.142 e. The van der Waals surface area contributed by atoms with Gasteiger partial charge >= 0.3 is 0 Å². The lowest BCUT2D eigenvalue weighted by atomic mass is 9.93. The third-order valence-electron chi connectivity index (χ3n) is 4.30. The van der Waals surface area contributed by atoms with Crippen molar-refractivity contribution in [1.82, 2.24) is 0 Å². The Morgan fingerprint density at radius 2 is 1.52 bits per heavy atom. The number of rotatable bonds is 5. The maximum absolute atomic E-state index is 13.5. The molecule has 3 rings (SSSR count). The van der Waals surface area contributed by atoms with E-state index in [2.05, 4.69) is 55.5 Å². The van der Waals surface area contributed by atoms with Gasteiger partial charge in [0, 0.05) is 0 Å². The van der Waals surface area contributed by atoms with Gasteiger partial charge in [0.2, 0.25) is 0 Å². The van der Waals surface area contributed by atoms with Gasteiger partial charge in [-0.25, -0.2) is 4.39 Å². The first-order valence-electron chi connectivity index (χ1n) is 8.39. The zero-order valence-electron chi connectivity index (χ0n) is 14.1. The van der Waals surface area contributed by atoms with Gasteiger partial charge in [0.05, 0.1) is 5.02 Å². The third-order valence-corrected chi connectivity index (χ3v) is 4.61. The molecule has 0 aliphatic heterocycles. The molecule has 0 aliphatic rings. The van der Waals surface area contributed by atoms with Crippen molar-refractivity contribution < 1.29 is 4.39 Å². The molecule has 0 saturated carbocycles. The van der Waals surface area contributed by atoms with Crippen molar-refractivity contribution in [3.8, 4) is 0 Å². The first-order valence-corrected chi connectivity index (χ1v) is 8.76. The minimum Gasteiger partial charge on any atom is -0.205 e. The Bertz CT molecular complexity index is 851. The van der Waals surface area contributed by atoms with Crippen LogP contribution in [0.4, 0.5) is 4.39 Å². The molecule has 0 unspecified atom stereocenters. The summed E-state index contributed by atoms with van der Waals surface area (Å²) in [6.45, 7) is 2.25. The van der Waals surface area contributed by atoms with Crippen LogP contribution in [0.1, 0.15) is 35.1 Å². The normalized spacial score (nSPS) is 12.4. The lowest BCUT2D eigenvalue weighted by Gasteiger charge is -2.12. The molecule has 0 fully saturated rings. The molecule has 0 N–H and O–H groups in total. The minimum absolute atomic E-state index is 0.147. The highest BCUT2D eigenvalue weighted by Gasteiger charge is 2.06. The fourth-order valence-electron chi connectivity index (χ4n) is 2.83. The van der Waals surface area contributed by atoms with Crippen molar-refractivity contribution in [3.63, 3.8) is 0 Å². The van der Waals surface area contributed by atoms with Crippen molar-refractivity contribution >= 4 is 23.8 Å². The summed E-state index contributed by atoms with van der Waals surface area (Å²) in [5, 5.41) is 0.147. The van der Waals surface area contributed by atoms with Crippen LogP contribution in [0.2, 0.25) is 5.02 Å². The number of hydrogen-bond donors (Lipinski definition) is 0. The van der Waals surface area contributed by atoms with Crippen molar-refractivity contribution in [2.45, 2.75) is 19.3 Å². The molecular formula is C23H20ClF. The highest BCUT2D eigenvalue weighted by Crippen LogP contribution is 2.21. The smallest absolute Gasteiger partial charge is 0.142 e. The second-order valence-corrected chi connectivity index (χ2v) is 6.67. The van der Waals surface area contributed by atoms with Crippen LogP contribution in [-0.2, 0) is 6.42 Å². The Hall–Kier alpha value is -2.38. The Balaban J connectivity index is 1.65. The summed E-state index contributed by atoms with van der Waals surface area (Å²) in [6.07, 6.45) is 4.88. The monoisotopic (exact) mass is 350 g/mol. The van der Waals surface area contributed by atoms with Crippen molar-refractivity contribution in [3.05, 3.63) is 106 Å². The molecule has 0 aliphatic carbocycles. The van der Waals surface area contributed by atoms with Crippen molar-refractivity contribution in [1.29, 1.82) is 0 Å². The van der Waals surface area contributed by atoms with Crippen LogP contribution in [-0.4, -0.2) is 0 Å². The van der Waals surface area contributed by atoms with Gasteiger partial charge in [-0.05, 0) is 46.7 Å². The fourth-order valence-corrected chi connectivity index (χ4v) is 2.94. The van der Waals surface area contributed by atoms with Gasteiger partial charge in [0.1, 0.15) is 5.82 Å². The van der Waals surface area contributed by atoms with Crippen LogP contribution in [0.3, 0.4) is 0 Å². The summed E-state index contributed by atoms with van der Waals surface area (Å²) in [5.74, 6) is 0.0914. The topological polar surface area (TPSA) is 0 Å². The van der Waals surface area contributed by atoms with Gasteiger partial charge in [-0.2, -0.15) is 0 Å². The largest absolute Gasteiger partial charge is 0.205 e. The number of halogens is 2. The summed E-state index contributed by atoms with van der Waals surface area (Å²) in [7, 11) is 0. The lowest BCUT2D eigenvalue weighted by molar-refractivity contribution is 0.628. The SMILES string of the molecule is C[C@@H](Cc1ccc(C=Cc2ccc(Cl)c(F)c2)cc1)c1ccccc1. The van der Waals surface area contributed by atoms with Gasteiger partial charge in [-0.1, -0.05) is 91.3 Å². The fraction of sp³-hybridized carbons (Fsp3) is 0.130. The van der Waals surface area contributed by atoms with Crippen LogP contribution in [0.25, 0.3) is 12.2 Å². The van der Waals surface area contributed by atoms with Gasteiger partial charge in [0.15, 0.2) is 0 Å². The molecule has 2 heteroatoms. The van der Waals surface area contributed by atoms with E-state index >= 15 is 0 Å². The van der Waals surface area contributed by atoms with E-state index in [9.17, 15) is 4.39 Å². The first kappa shape index (κ1) is 17.4. The second kappa shape index (κ2) is 8.13. The highest BCUT2D eigenvalue weighted by atomic mass is 35.5. The van der Waals surface area contributed by atoms with Crippen LogP contribution in [0, 0.1) is 5.82 Å². The highest BCUT2D eigenvalue weighted by molar-refractivity contribution is 6.30. The molecule has 3 aromatic rings. The van der Waals surface area contributed by atoms with E-state index in [1.807, 2.05) is 18.2 Å².